The summed E-state index contributed by atoms with van der Waals surface area (Å²) in [5.41, 5.74) is 2.87. The van der Waals surface area contributed by atoms with Gasteiger partial charge in [0.2, 0.25) is 0 Å². The monoisotopic (exact) mass is 286 g/mol. The first-order valence-electron chi connectivity index (χ1n) is 7.36. The van der Waals surface area contributed by atoms with Crippen molar-refractivity contribution >= 4 is 11.3 Å². The summed E-state index contributed by atoms with van der Waals surface area (Å²) in [6.45, 7) is 5.68. The van der Waals surface area contributed by atoms with E-state index in [0.29, 0.717) is 12.1 Å². The smallest absolute Gasteiger partial charge is 0.0449 e. The lowest BCUT2D eigenvalue weighted by molar-refractivity contribution is 0.152. The zero-order valence-corrected chi connectivity index (χ0v) is 12.8. The summed E-state index contributed by atoms with van der Waals surface area (Å²) in [5.74, 6) is 0. The number of piperazine rings is 1. The van der Waals surface area contributed by atoms with Crippen LogP contribution in [0.15, 0.2) is 47.2 Å². The van der Waals surface area contributed by atoms with Crippen molar-refractivity contribution in [3.05, 3.63) is 58.3 Å². The molecule has 1 aliphatic rings. The third-order valence-electron chi connectivity index (χ3n) is 4.14. The molecule has 0 aliphatic carbocycles. The van der Waals surface area contributed by atoms with Gasteiger partial charge in [-0.1, -0.05) is 30.3 Å². The zero-order valence-electron chi connectivity index (χ0n) is 12.0. The summed E-state index contributed by atoms with van der Waals surface area (Å²) in [5, 5.41) is 8.08. The highest BCUT2D eigenvalue weighted by molar-refractivity contribution is 7.07. The molecule has 0 radical (unpaired) electrons. The Hall–Kier alpha value is -1.16. The highest BCUT2D eigenvalue weighted by atomic mass is 32.1. The van der Waals surface area contributed by atoms with Crippen LogP contribution < -0.4 is 5.32 Å². The molecule has 0 amide bonds. The predicted molar refractivity (Wildman–Crippen MR) is 86.2 cm³/mol. The maximum atomic E-state index is 3.64. The Labute approximate surface area is 125 Å². The van der Waals surface area contributed by atoms with E-state index >= 15 is 0 Å². The standard InChI is InChI=1S/C17H22N2S/c1-14(11-15-7-10-20-13-15)19-9-8-18-17(12-19)16-5-3-2-4-6-16/h2-7,10,13-14,17-18H,8-9,11-12H2,1H3. The minimum atomic E-state index is 0.467. The molecule has 0 bridgehead atoms. The summed E-state index contributed by atoms with van der Waals surface area (Å²) >= 11 is 1.79. The molecule has 3 heteroatoms. The molecule has 1 aliphatic heterocycles. The van der Waals surface area contributed by atoms with E-state index in [-0.39, 0.29) is 0 Å². The summed E-state index contributed by atoms with van der Waals surface area (Å²) in [4.78, 5) is 2.62. The van der Waals surface area contributed by atoms with Crippen LogP contribution in [0.2, 0.25) is 0 Å². The fraction of sp³-hybridized carbons (Fsp3) is 0.412. The highest BCUT2D eigenvalue weighted by Crippen LogP contribution is 2.20. The maximum absolute atomic E-state index is 3.64. The van der Waals surface area contributed by atoms with Crippen LogP contribution in [0.5, 0.6) is 0 Å². The van der Waals surface area contributed by atoms with Crippen LogP contribution in [-0.4, -0.2) is 30.6 Å². The van der Waals surface area contributed by atoms with Crippen LogP contribution in [0.4, 0.5) is 0 Å². The van der Waals surface area contributed by atoms with Gasteiger partial charge in [0.1, 0.15) is 0 Å². The minimum Gasteiger partial charge on any atom is -0.308 e. The van der Waals surface area contributed by atoms with Crippen molar-refractivity contribution in [2.45, 2.75) is 25.4 Å². The molecule has 2 atom stereocenters. The van der Waals surface area contributed by atoms with E-state index in [4.69, 9.17) is 0 Å². The third kappa shape index (κ3) is 3.29. The Morgan fingerprint density at radius 1 is 1.30 bits per heavy atom. The molecule has 0 saturated carbocycles. The summed E-state index contributed by atoms with van der Waals surface area (Å²) < 4.78 is 0. The van der Waals surface area contributed by atoms with Gasteiger partial charge in [0.15, 0.2) is 0 Å². The number of benzene rings is 1. The first kappa shape index (κ1) is 13.8. The fourth-order valence-electron chi connectivity index (χ4n) is 2.96. The third-order valence-corrected chi connectivity index (χ3v) is 4.88. The number of hydrogen-bond acceptors (Lipinski definition) is 3. The van der Waals surface area contributed by atoms with Crippen molar-refractivity contribution in [2.24, 2.45) is 0 Å². The molecule has 2 unspecified atom stereocenters. The Morgan fingerprint density at radius 3 is 2.90 bits per heavy atom. The quantitative estimate of drug-likeness (QED) is 0.927. The van der Waals surface area contributed by atoms with Crippen molar-refractivity contribution in [2.75, 3.05) is 19.6 Å². The van der Waals surface area contributed by atoms with E-state index in [2.05, 4.69) is 64.3 Å². The van der Waals surface area contributed by atoms with Crippen molar-refractivity contribution in [3.63, 3.8) is 0 Å². The average molecular weight is 286 g/mol. The van der Waals surface area contributed by atoms with Crippen LogP contribution in [0.1, 0.15) is 24.1 Å². The summed E-state index contributed by atoms with van der Waals surface area (Å²) in [6.07, 6.45) is 1.16. The van der Waals surface area contributed by atoms with Gasteiger partial charge in [-0.3, -0.25) is 4.90 Å². The molecule has 2 heterocycles. The van der Waals surface area contributed by atoms with Gasteiger partial charge in [0.05, 0.1) is 0 Å². The van der Waals surface area contributed by atoms with Gasteiger partial charge >= 0.3 is 0 Å². The van der Waals surface area contributed by atoms with Gasteiger partial charge in [0, 0.05) is 31.7 Å². The van der Waals surface area contributed by atoms with Gasteiger partial charge < -0.3 is 5.32 Å². The molecule has 1 N–H and O–H groups in total. The molecule has 2 aromatic rings. The lowest BCUT2D eigenvalue weighted by atomic mass is 10.0. The second kappa shape index (κ2) is 6.53. The lowest BCUT2D eigenvalue weighted by Crippen LogP contribution is -2.49. The number of rotatable bonds is 4. The van der Waals surface area contributed by atoms with Crippen molar-refractivity contribution < 1.29 is 0 Å². The first-order chi connectivity index (χ1) is 9.83. The number of hydrogen-bond donors (Lipinski definition) is 1. The normalized spacial score (nSPS) is 21.8. The topological polar surface area (TPSA) is 15.3 Å². The van der Waals surface area contributed by atoms with E-state index in [0.717, 1.165) is 26.1 Å². The first-order valence-corrected chi connectivity index (χ1v) is 8.30. The zero-order chi connectivity index (χ0) is 13.8. The van der Waals surface area contributed by atoms with Crippen LogP contribution >= 0.6 is 11.3 Å². The Bertz CT molecular complexity index is 509. The molecule has 1 aromatic heterocycles. The van der Waals surface area contributed by atoms with Crippen LogP contribution in [0, 0.1) is 0 Å². The van der Waals surface area contributed by atoms with Crippen molar-refractivity contribution in [1.29, 1.82) is 0 Å². The molecule has 20 heavy (non-hydrogen) atoms. The summed E-state index contributed by atoms with van der Waals surface area (Å²) in [7, 11) is 0. The van der Waals surface area contributed by atoms with Gasteiger partial charge in [0.25, 0.3) is 0 Å². The van der Waals surface area contributed by atoms with E-state index in [1.165, 1.54) is 11.1 Å². The minimum absolute atomic E-state index is 0.467. The molecule has 106 valence electrons. The highest BCUT2D eigenvalue weighted by Gasteiger charge is 2.24. The second-order valence-corrected chi connectivity index (χ2v) is 6.38. The predicted octanol–water partition coefficient (Wildman–Crippen LogP) is 3.33. The van der Waals surface area contributed by atoms with Crippen molar-refractivity contribution in [1.82, 2.24) is 10.2 Å². The average Bonchev–Trinajstić information content (AvgIpc) is 3.01. The van der Waals surface area contributed by atoms with E-state index in [1.807, 2.05) is 0 Å². The van der Waals surface area contributed by atoms with Gasteiger partial charge in [-0.2, -0.15) is 11.3 Å². The fourth-order valence-corrected chi connectivity index (χ4v) is 3.64. The molecule has 1 saturated heterocycles. The Morgan fingerprint density at radius 2 is 2.15 bits per heavy atom. The van der Waals surface area contributed by atoms with Gasteiger partial charge in [-0.25, -0.2) is 0 Å². The van der Waals surface area contributed by atoms with Gasteiger partial charge in [-0.15, -0.1) is 0 Å². The molecular weight excluding hydrogens is 264 g/mol. The van der Waals surface area contributed by atoms with Crippen LogP contribution in [0.25, 0.3) is 0 Å². The second-order valence-electron chi connectivity index (χ2n) is 5.60. The largest absolute Gasteiger partial charge is 0.308 e. The lowest BCUT2D eigenvalue weighted by Gasteiger charge is -2.37. The Balaban J connectivity index is 1.63. The van der Waals surface area contributed by atoms with Crippen molar-refractivity contribution in [3.8, 4) is 0 Å². The maximum Gasteiger partial charge on any atom is 0.0449 e. The number of nitrogens with zero attached hydrogens (tertiary/aromatic N) is 1. The molecule has 3 rings (SSSR count). The van der Waals surface area contributed by atoms with Gasteiger partial charge in [-0.05, 0) is 41.3 Å². The van der Waals surface area contributed by atoms with E-state index in [1.54, 1.807) is 11.3 Å². The molecule has 1 aromatic carbocycles. The van der Waals surface area contributed by atoms with E-state index < -0.39 is 0 Å². The SMILES string of the molecule is CC(Cc1ccsc1)N1CCNC(c2ccccc2)C1. The Kier molecular flexibility index (Phi) is 4.51. The van der Waals surface area contributed by atoms with Crippen LogP contribution in [-0.2, 0) is 6.42 Å². The number of thiophene rings is 1. The summed E-state index contributed by atoms with van der Waals surface area (Å²) in [6, 6.07) is 14.1. The molecule has 0 spiro atoms. The van der Waals surface area contributed by atoms with E-state index in [9.17, 15) is 0 Å². The van der Waals surface area contributed by atoms with Crippen LogP contribution in [0.3, 0.4) is 0 Å². The molecular formula is C17H22N2S. The number of nitrogens with one attached hydrogen (secondary N) is 1. The molecule has 1 fully saturated rings. The molecule has 2 nitrogen and oxygen atoms in total.